The molecule has 3 aromatic rings. The van der Waals surface area contributed by atoms with Crippen molar-refractivity contribution in [2.75, 3.05) is 20.8 Å². The number of thiazole rings is 1. The zero-order valence-corrected chi connectivity index (χ0v) is 23.1. The van der Waals surface area contributed by atoms with Gasteiger partial charge in [-0.05, 0) is 62.7 Å². The lowest BCUT2D eigenvalue weighted by Crippen LogP contribution is -2.10. The predicted octanol–water partition coefficient (Wildman–Crippen LogP) is 7.02. The molecular formula is C29H35NO6S. The van der Waals surface area contributed by atoms with Crippen LogP contribution >= 0.6 is 11.3 Å². The maximum Gasteiger partial charge on any atom is 0.341 e. The number of aryl methyl sites for hydroxylation is 1. The summed E-state index contributed by atoms with van der Waals surface area (Å²) in [5.41, 5.74) is 2.66. The van der Waals surface area contributed by atoms with Crippen molar-refractivity contribution in [1.82, 2.24) is 4.98 Å². The molecule has 0 fully saturated rings. The topological polar surface area (TPSA) is 87.1 Å². The van der Waals surface area contributed by atoms with E-state index in [-0.39, 0.29) is 12.5 Å². The Morgan fingerprint density at radius 3 is 2.51 bits per heavy atom. The van der Waals surface area contributed by atoms with Crippen LogP contribution in [0.15, 0.2) is 67.0 Å². The fourth-order valence-electron chi connectivity index (χ4n) is 3.38. The van der Waals surface area contributed by atoms with E-state index in [1.165, 1.54) is 0 Å². The lowest BCUT2D eigenvalue weighted by atomic mass is 10.0. The van der Waals surface area contributed by atoms with Gasteiger partial charge in [0.15, 0.2) is 6.61 Å². The molecule has 1 N–H and O–H groups in total. The molecular weight excluding hydrogens is 490 g/mol. The van der Waals surface area contributed by atoms with Crippen molar-refractivity contribution in [2.45, 2.75) is 40.2 Å². The summed E-state index contributed by atoms with van der Waals surface area (Å²) < 4.78 is 22.0. The number of carbonyl (C=O) groups is 1. The monoisotopic (exact) mass is 525 g/mol. The summed E-state index contributed by atoms with van der Waals surface area (Å²) in [6.07, 6.45) is 3.82. The van der Waals surface area contributed by atoms with Crippen molar-refractivity contribution in [3.63, 3.8) is 0 Å². The number of nitrogens with zero attached hydrogens (tertiary/aromatic N) is 1. The van der Waals surface area contributed by atoms with Gasteiger partial charge < -0.3 is 24.1 Å². The number of aromatic nitrogens is 1. The SMILES string of the molecule is C=CC.CO/C(C)=C/C(C)c1sc(COc2ccc(OCC(=O)O)c(C)c2)nc1-c1cccc(OC)c1. The Bertz CT molecular complexity index is 1220. The number of methoxy groups -OCH3 is 2. The van der Waals surface area contributed by atoms with Gasteiger partial charge in [0.2, 0.25) is 0 Å². The van der Waals surface area contributed by atoms with Crippen molar-refractivity contribution in [2.24, 2.45) is 0 Å². The molecule has 0 aliphatic heterocycles. The van der Waals surface area contributed by atoms with E-state index in [4.69, 9.17) is 29.0 Å². The van der Waals surface area contributed by atoms with E-state index >= 15 is 0 Å². The highest BCUT2D eigenvalue weighted by atomic mass is 32.1. The number of hydrogen-bond acceptors (Lipinski definition) is 7. The van der Waals surface area contributed by atoms with Crippen molar-refractivity contribution in [3.8, 4) is 28.5 Å². The molecule has 0 radical (unpaired) electrons. The maximum atomic E-state index is 10.7. The molecule has 0 saturated heterocycles. The second kappa shape index (κ2) is 14.7. The minimum Gasteiger partial charge on any atom is -0.502 e. The number of carboxylic acid groups (broad SMARTS) is 1. The van der Waals surface area contributed by atoms with E-state index < -0.39 is 5.97 Å². The fourth-order valence-corrected chi connectivity index (χ4v) is 4.40. The molecule has 0 aliphatic carbocycles. The van der Waals surface area contributed by atoms with Crippen LogP contribution in [-0.2, 0) is 16.1 Å². The van der Waals surface area contributed by atoms with Gasteiger partial charge in [-0.1, -0.05) is 25.1 Å². The van der Waals surface area contributed by atoms with E-state index in [2.05, 4.69) is 19.6 Å². The minimum absolute atomic E-state index is 0.0975. The molecule has 2 aromatic carbocycles. The molecule has 1 unspecified atom stereocenters. The Kier molecular flexibility index (Phi) is 11.7. The average Bonchev–Trinajstić information content (AvgIpc) is 3.32. The van der Waals surface area contributed by atoms with Crippen LogP contribution in [0.5, 0.6) is 17.2 Å². The van der Waals surface area contributed by atoms with Crippen LogP contribution in [0.2, 0.25) is 0 Å². The van der Waals surface area contributed by atoms with Crippen molar-refractivity contribution in [3.05, 3.63) is 82.4 Å². The molecule has 198 valence electrons. The molecule has 0 saturated carbocycles. The molecule has 8 heteroatoms. The first-order valence-electron chi connectivity index (χ1n) is 11.7. The average molecular weight is 526 g/mol. The summed E-state index contributed by atoms with van der Waals surface area (Å²) in [4.78, 5) is 16.7. The Balaban J connectivity index is 0.00000153. The summed E-state index contributed by atoms with van der Waals surface area (Å²) in [6.45, 7) is 11.1. The number of hydrogen-bond donors (Lipinski definition) is 1. The third-order valence-electron chi connectivity index (χ3n) is 5.12. The second-order valence-electron chi connectivity index (χ2n) is 8.13. The van der Waals surface area contributed by atoms with Crippen LogP contribution in [0.1, 0.15) is 42.1 Å². The van der Waals surface area contributed by atoms with Gasteiger partial charge >= 0.3 is 5.97 Å². The van der Waals surface area contributed by atoms with Crippen LogP contribution in [0.3, 0.4) is 0 Å². The Morgan fingerprint density at radius 2 is 1.89 bits per heavy atom. The van der Waals surface area contributed by atoms with Gasteiger partial charge in [-0.3, -0.25) is 0 Å². The van der Waals surface area contributed by atoms with E-state index in [0.717, 1.165) is 38.2 Å². The van der Waals surface area contributed by atoms with E-state index in [1.54, 1.807) is 43.8 Å². The predicted molar refractivity (Wildman–Crippen MR) is 148 cm³/mol. The van der Waals surface area contributed by atoms with Crippen LogP contribution in [0.25, 0.3) is 11.3 Å². The largest absolute Gasteiger partial charge is 0.502 e. The van der Waals surface area contributed by atoms with Gasteiger partial charge in [0, 0.05) is 16.4 Å². The van der Waals surface area contributed by atoms with Gasteiger partial charge in [0.05, 0.1) is 25.7 Å². The number of carboxylic acids is 1. The smallest absolute Gasteiger partial charge is 0.341 e. The van der Waals surface area contributed by atoms with Crippen LogP contribution in [0.4, 0.5) is 0 Å². The van der Waals surface area contributed by atoms with E-state index in [0.29, 0.717) is 18.1 Å². The fraction of sp³-hybridized carbons (Fsp3) is 0.310. The number of ether oxygens (including phenoxy) is 4. The van der Waals surface area contributed by atoms with Gasteiger partial charge in [-0.2, -0.15) is 0 Å². The van der Waals surface area contributed by atoms with Crippen LogP contribution in [-0.4, -0.2) is 36.9 Å². The molecule has 7 nitrogen and oxygen atoms in total. The molecule has 0 amide bonds. The minimum atomic E-state index is -1.02. The number of aliphatic carboxylic acids is 1. The standard InChI is InChI=1S/C26H29NO6S.C3H6/c1-16-12-21(9-10-22(16)33-15-24(28)29)32-14-23-27-25(19-7-6-8-20(13-19)31-5)26(34-23)17(2)11-18(3)30-4;1-3-2/h6-13,17H,14-15H2,1-5H3,(H,28,29);3H,1H2,2H3/b18-11+;. The molecule has 3 rings (SSSR count). The number of benzene rings is 2. The summed E-state index contributed by atoms with van der Waals surface area (Å²) in [6, 6.07) is 13.1. The van der Waals surface area contributed by atoms with Crippen molar-refractivity contribution < 1.29 is 28.8 Å². The van der Waals surface area contributed by atoms with Gasteiger partial charge in [0.25, 0.3) is 0 Å². The second-order valence-corrected chi connectivity index (χ2v) is 9.24. The molecule has 37 heavy (non-hydrogen) atoms. The summed E-state index contributed by atoms with van der Waals surface area (Å²) in [5, 5.41) is 9.63. The van der Waals surface area contributed by atoms with E-state index in [9.17, 15) is 4.79 Å². The van der Waals surface area contributed by atoms with Gasteiger partial charge in [-0.25, -0.2) is 9.78 Å². The van der Waals surface area contributed by atoms with Gasteiger partial charge in [-0.15, -0.1) is 17.9 Å². The normalized spacial score (nSPS) is 11.6. The highest BCUT2D eigenvalue weighted by molar-refractivity contribution is 7.12. The number of rotatable bonds is 11. The molecule has 0 bridgehead atoms. The first-order valence-corrected chi connectivity index (χ1v) is 12.6. The molecule has 1 aromatic heterocycles. The zero-order valence-electron chi connectivity index (χ0n) is 22.2. The summed E-state index contributed by atoms with van der Waals surface area (Å²) in [5.74, 6) is 1.86. The summed E-state index contributed by atoms with van der Waals surface area (Å²) in [7, 11) is 3.31. The molecule has 1 atom stereocenters. The summed E-state index contributed by atoms with van der Waals surface area (Å²) >= 11 is 1.60. The lowest BCUT2D eigenvalue weighted by molar-refractivity contribution is -0.139. The number of allylic oxidation sites excluding steroid dienone is 3. The molecule has 0 spiro atoms. The first kappa shape index (κ1) is 29.5. The molecule has 0 aliphatic rings. The highest BCUT2D eigenvalue weighted by Gasteiger charge is 2.19. The van der Waals surface area contributed by atoms with Crippen LogP contribution < -0.4 is 14.2 Å². The Hall–Kier alpha value is -3.78. The third-order valence-corrected chi connectivity index (χ3v) is 6.35. The lowest BCUT2D eigenvalue weighted by Gasteiger charge is -2.10. The maximum absolute atomic E-state index is 10.7. The quantitative estimate of drug-likeness (QED) is 0.213. The Morgan fingerprint density at radius 1 is 1.16 bits per heavy atom. The highest BCUT2D eigenvalue weighted by Crippen LogP contribution is 2.37. The van der Waals surface area contributed by atoms with Crippen LogP contribution in [0, 0.1) is 6.92 Å². The molecule has 1 heterocycles. The van der Waals surface area contributed by atoms with Crippen molar-refractivity contribution in [1.29, 1.82) is 0 Å². The third kappa shape index (κ3) is 8.99. The zero-order chi connectivity index (χ0) is 27.4. The van der Waals surface area contributed by atoms with E-state index in [1.807, 2.05) is 51.1 Å². The first-order chi connectivity index (χ1) is 17.7. The Labute approximate surface area is 223 Å². The van der Waals surface area contributed by atoms with Crippen molar-refractivity contribution >= 4 is 17.3 Å². The van der Waals surface area contributed by atoms with Gasteiger partial charge in [0.1, 0.15) is 28.9 Å².